The summed E-state index contributed by atoms with van der Waals surface area (Å²) >= 11 is 0. The zero-order valence-electron chi connectivity index (χ0n) is 19.4. The van der Waals surface area contributed by atoms with Gasteiger partial charge in [-0.25, -0.2) is 4.39 Å². The first-order valence-electron chi connectivity index (χ1n) is 11.5. The summed E-state index contributed by atoms with van der Waals surface area (Å²) in [5, 5.41) is 5.91. The predicted octanol–water partition coefficient (Wildman–Crippen LogP) is 3.70. The summed E-state index contributed by atoms with van der Waals surface area (Å²) in [5.41, 5.74) is 1.86. The lowest BCUT2D eigenvalue weighted by molar-refractivity contribution is -0.125. The molecule has 1 saturated heterocycles. The Morgan fingerprint density at radius 1 is 1.03 bits per heavy atom. The number of hydrogen-bond acceptors (Lipinski definition) is 3. The molecule has 0 aromatic heterocycles. The first-order chi connectivity index (χ1) is 15.8. The van der Waals surface area contributed by atoms with Gasteiger partial charge in [0.2, 0.25) is 5.91 Å². The number of piperidine rings is 1. The maximum absolute atomic E-state index is 13.5. The van der Waals surface area contributed by atoms with Crippen LogP contribution in [0.25, 0.3) is 0 Å². The molecule has 3 rings (SSSR count). The highest BCUT2D eigenvalue weighted by atomic mass is 19.1. The smallest absolute Gasteiger partial charge is 0.253 e. The van der Waals surface area contributed by atoms with Crippen LogP contribution in [0.15, 0.2) is 48.5 Å². The van der Waals surface area contributed by atoms with E-state index in [4.69, 9.17) is 0 Å². The van der Waals surface area contributed by atoms with Crippen molar-refractivity contribution >= 4 is 17.7 Å². The molecule has 6 nitrogen and oxygen atoms in total. The minimum absolute atomic E-state index is 0.00841. The molecular formula is C26H32FN3O3. The van der Waals surface area contributed by atoms with Gasteiger partial charge in [-0.3, -0.25) is 14.4 Å². The van der Waals surface area contributed by atoms with Crippen LogP contribution in [0, 0.1) is 18.7 Å². The van der Waals surface area contributed by atoms with E-state index >= 15 is 0 Å². The van der Waals surface area contributed by atoms with Crippen molar-refractivity contribution in [2.75, 3.05) is 13.1 Å². The van der Waals surface area contributed by atoms with Gasteiger partial charge in [-0.1, -0.05) is 30.7 Å². The highest BCUT2D eigenvalue weighted by Gasteiger charge is 2.34. The van der Waals surface area contributed by atoms with E-state index in [1.165, 1.54) is 18.2 Å². The molecule has 0 spiro atoms. The topological polar surface area (TPSA) is 78.5 Å². The van der Waals surface area contributed by atoms with Crippen LogP contribution in [0.4, 0.5) is 4.39 Å². The molecule has 0 saturated carbocycles. The zero-order chi connectivity index (χ0) is 24.0. The number of hydrogen-bond donors (Lipinski definition) is 2. The summed E-state index contributed by atoms with van der Waals surface area (Å²) in [6, 6.07) is 12.2. The number of carbonyl (C=O) groups excluding carboxylic acids is 3. The van der Waals surface area contributed by atoms with E-state index in [1.807, 2.05) is 32.9 Å². The van der Waals surface area contributed by atoms with Crippen LogP contribution in [-0.2, 0) is 4.79 Å². The summed E-state index contributed by atoms with van der Waals surface area (Å²) in [6.45, 7) is 6.74. The minimum Gasteiger partial charge on any atom is -0.352 e. The maximum Gasteiger partial charge on any atom is 0.253 e. The molecule has 176 valence electrons. The number of nitrogens with zero attached hydrogens (tertiary/aromatic N) is 1. The van der Waals surface area contributed by atoms with Crippen LogP contribution in [0.5, 0.6) is 0 Å². The molecular weight excluding hydrogens is 421 g/mol. The average molecular weight is 454 g/mol. The molecule has 0 radical (unpaired) electrons. The lowest BCUT2D eigenvalue weighted by Gasteiger charge is -2.36. The second kappa shape index (κ2) is 11.1. The zero-order valence-corrected chi connectivity index (χ0v) is 19.4. The van der Waals surface area contributed by atoms with Crippen molar-refractivity contribution in [1.29, 1.82) is 0 Å². The van der Waals surface area contributed by atoms with E-state index in [9.17, 15) is 18.8 Å². The van der Waals surface area contributed by atoms with Crippen LogP contribution in [0.2, 0.25) is 0 Å². The highest BCUT2D eigenvalue weighted by molar-refractivity contribution is 5.98. The summed E-state index contributed by atoms with van der Waals surface area (Å²) in [7, 11) is 0. The Kier molecular flexibility index (Phi) is 8.20. The van der Waals surface area contributed by atoms with Crippen molar-refractivity contribution in [3.63, 3.8) is 0 Å². The Bertz CT molecular complexity index is 985. The van der Waals surface area contributed by atoms with Crippen LogP contribution < -0.4 is 10.6 Å². The molecule has 1 aliphatic rings. The summed E-state index contributed by atoms with van der Waals surface area (Å²) in [5.74, 6) is -1.29. The number of likely N-dealkylation sites (tertiary alicyclic amines) is 1. The molecule has 3 amide bonds. The second-order valence-corrected chi connectivity index (χ2v) is 8.78. The molecule has 0 bridgehead atoms. The molecule has 2 aromatic rings. The van der Waals surface area contributed by atoms with E-state index in [2.05, 4.69) is 10.6 Å². The number of benzene rings is 2. The third kappa shape index (κ3) is 6.40. The van der Waals surface area contributed by atoms with Crippen LogP contribution in [-0.4, -0.2) is 47.8 Å². The fourth-order valence-corrected chi connectivity index (χ4v) is 4.00. The first-order valence-corrected chi connectivity index (χ1v) is 11.5. The molecule has 2 aromatic carbocycles. The van der Waals surface area contributed by atoms with E-state index in [0.29, 0.717) is 37.1 Å². The Hall–Kier alpha value is -3.22. The molecule has 0 aliphatic carbocycles. The van der Waals surface area contributed by atoms with Crippen molar-refractivity contribution in [3.8, 4) is 0 Å². The van der Waals surface area contributed by atoms with Gasteiger partial charge in [0.25, 0.3) is 11.8 Å². The normalized spacial score (nSPS) is 16.1. The Morgan fingerprint density at radius 2 is 1.70 bits per heavy atom. The third-order valence-electron chi connectivity index (χ3n) is 6.25. The third-order valence-corrected chi connectivity index (χ3v) is 6.25. The molecule has 7 heteroatoms. The van der Waals surface area contributed by atoms with Crippen molar-refractivity contribution in [2.45, 2.75) is 52.1 Å². The van der Waals surface area contributed by atoms with E-state index in [1.54, 1.807) is 23.1 Å². The summed E-state index contributed by atoms with van der Waals surface area (Å²) in [4.78, 5) is 40.4. The first kappa shape index (κ1) is 24.4. The summed E-state index contributed by atoms with van der Waals surface area (Å²) in [6.07, 6.45) is 1.91. The van der Waals surface area contributed by atoms with Gasteiger partial charge in [0.15, 0.2) is 0 Å². The maximum atomic E-state index is 13.5. The average Bonchev–Trinajstić information content (AvgIpc) is 2.82. The Labute approximate surface area is 194 Å². The monoisotopic (exact) mass is 453 g/mol. The van der Waals surface area contributed by atoms with E-state index < -0.39 is 11.9 Å². The standard InChI is InChI=1S/C26H32FN3O3/c1-4-18(3)28-25(32)23(29-24(31)20-10-8-17(2)9-11-20)19-12-14-30(15-13-19)26(33)21-6-5-7-22(27)16-21/h5-11,16,18-19,23H,4,12-15H2,1-3H3,(H,28,32)(H,29,31)/t18-,23+/m1/s1. The van der Waals surface area contributed by atoms with Crippen molar-refractivity contribution in [1.82, 2.24) is 15.5 Å². The lowest BCUT2D eigenvalue weighted by Crippen LogP contribution is -2.55. The van der Waals surface area contributed by atoms with Gasteiger partial charge in [0.1, 0.15) is 11.9 Å². The Morgan fingerprint density at radius 3 is 2.30 bits per heavy atom. The number of rotatable bonds is 7. The van der Waals surface area contributed by atoms with Crippen molar-refractivity contribution < 1.29 is 18.8 Å². The fourth-order valence-electron chi connectivity index (χ4n) is 4.00. The van der Waals surface area contributed by atoms with Gasteiger partial charge in [-0.05, 0) is 69.4 Å². The van der Waals surface area contributed by atoms with Crippen molar-refractivity contribution in [2.24, 2.45) is 5.92 Å². The van der Waals surface area contributed by atoms with Gasteiger partial charge in [-0.15, -0.1) is 0 Å². The Balaban J connectivity index is 1.70. The predicted molar refractivity (Wildman–Crippen MR) is 125 cm³/mol. The van der Waals surface area contributed by atoms with Crippen LogP contribution in [0.3, 0.4) is 0 Å². The number of nitrogens with one attached hydrogen (secondary N) is 2. The summed E-state index contributed by atoms with van der Waals surface area (Å²) < 4.78 is 13.5. The second-order valence-electron chi connectivity index (χ2n) is 8.78. The largest absolute Gasteiger partial charge is 0.352 e. The van der Waals surface area contributed by atoms with Gasteiger partial charge in [0.05, 0.1) is 0 Å². The van der Waals surface area contributed by atoms with Gasteiger partial charge in [0, 0.05) is 30.3 Å². The molecule has 33 heavy (non-hydrogen) atoms. The van der Waals surface area contributed by atoms with Gasteiger partial charge >= 0.3 is 0 Å². The fraction of sp³-hybridized carbons (Fsp3) is 0.423. The molecule has 0 unspecified atom stereocenters. The van der Waals surface area contributed by atoms with E-state index in [0.717, 1.165) is 12.0 Å². The van der Waals surface area contributed by atoms with Crippen molar-refractivity contribution in [3.05, 3.63) is 71.0 Å². The van der Waals surface area contributed by atoms with E-state index in [-0.39, 0.29) is 29.7 Å². The highest BCUT2D eigenvalue weighted by Crippen LogP contribution is 2.23. The number of halogens is 1. The number of aryl methyl sites for hydroxylation is 1. The molecule has 2 N–H and O–H groups in total. The molecule has 1 fully saturated rings. The molecule has 2 atom stereocenters. The lowest BCUT2D eigenvalue weighted by atomic mass is 9.88. The number of carbonyl (C=O) groups is 3. The molecule has 1 heterocycles. The van der Waals surface area contributed by atoms with Crippen LogP contribution in [0.1, 0.15) is 59.4 Å². The van der Waals surface area contributed by atoms with Gasteiger partial charge < -0.3 is 15.5 Å². The number of amides is 3. The SMILES string of the molecule is CC[C@@H](C)NC(=O)[C@@H](NC(=O)c1ccc(C)cc1)C1CCN(C(=O)c2cccc(F)c2)CC1. The molecule has 1 aliphatic heterocycles. The quantitative estimate of drug-likeness (QED) is 0.671. The van der Waals surface area contributed by atoms with Gasteiger partial charge in [-0.2, -0.15) is 0 Å². The minimum atomic E-state index is -0.695. The van der Waals surface area contributed by atoms with Crippen LogP contribution >= 0.6 is 0 Å².